The van der Waals surface area contributed by atoms with Gasteiger partial charge in [0.1, 0.15) is 24.5 Å². The van der Waals surface area contributed by atoms with Gasteiger partial charge in [-0.1, -0.05) is 91.0 Å². The molecule has 1 amide bonds. The van der Waals surface area contributed by atoms with Gasteiger partial charge in [0, 0.05) is 0 Å². The SMILES string of the molecule is O=CC1COC(=O)N1C(c1ccccc1)(c1ccccc1)c1ccccc1. The third kappa shape index (κ3) is 2.70. The minimum Gasteiger partial charge on any atom is -0.447 e. The lowest BCUT2D eigenvalue weighted by Gasteiger charge is -2.43. The molecule has 3 aromatic carbocycles. The zero-order chi connectivity index (χ0) is 18.7. The summed E-state index contributed by atoms with van der Waals surface area (Å²) in [6.07, 6.45) is 0.290. The molecular weight excluding hydrogens is 338 g/mol. The molecule has 0 radical (unpaired) electrons. The van der Waals surface area contributed by atoms with E-state index in [0.29, 0.717) is 0 Å². The molecule has 3 aromatic rings. The number of ether oxygens (including phenoxy) is 1. The van der Waals surface area contributed by atoms with Crippen molar-refractivity contribution in [1.82, 2.24) is 4.90 Å². The molecule has 1 atom stereocenters. The maximum Gasteiger partial charge on any atom is 0.411 e. The quantitative estimate of drug-likeness (QED) is 0.512. The van der Waals surface area contributed by atoms with Crippen LogP contribution < -0.4 is 0 Å². The number of amides is 1. The summed E-state index contributed by atoms with van der Waals surface area (Å²) in [6, 6.07) is 28.6. The van der Waals surface area contributed by atoms with Crippen LogP contribution in [0, 0.1) is 0 Å². The van der Waals surface area contributed by atoms with Crippen LogP contribution in [-0.2, 0) is 15.1 Å². The Morgan fingerprint density at radius 3 is 1.56 bits per heavy atom. The second-order valence-electron chi connectivity index (χ2n) is 6.46. The first-order chi connectivity index (χ1) is 13.3. The number of nitrogens with zero attached hydrogens (tertiary/aromatic N) is 1. The molecule has 0 saturated carbocycles. The fraction of sp³-hybridized carbons (Fsp3) is 0.130. The molecule has 4 nitrogen and oxygen atoms in total. The fourth-order valence-electron chi connectivity index (χ4n) is 3.88. The average molecular weight is 357 g/mol. The van der Waals surface area contributed by atoms with Gasteiger partial charge in [-0.15, -0.1) is 0 Å². The third-order valence-electron chi connectivity index (χ3n) is 5.00. The zero-order valence-electron chi connectivity index (χ0n) is 14.7. The summed E-state index contributed by atoms with van der Waals surface area (Å²) in [5.41, 5.74) is 1.72. The van der Waals surface area contributed by atoms with E-state index in [1.54, 1.807) is 4.90 Å². The van der Waals surface area contributed by atoms with Gasteiger partial charge in [0.25, 0.3) is 0 Å². The van der Waals surface area contributed by atoms with Crippen molar-refractivity contribution < 1.29 is 14.3 Å². The van der Waals surface area contributed by atoms with Crippen LogP contribution in [0.3, 0.4) is 0 Å². The maximum atomic E-state index is 12.9. The maximum absolute atomic E-state index is 12.9. The Morgan fingerprint density at radius 2 is 1.19 bits per heavy atom. The van der Waals surface area contributed by atoms with Crippen LogP contribution in [0.1, 0.15) is 16.7 Å². The van der Waals surface area contributed by atoms with Crippen LogP contribution in [0.5, 0.6) is 0 Å². The van der Waals surface area contributed by atoms with Gasteiger partial charge in [0.2, 0.25) is 0 Å². The summed E-state index contributed by atoms with van der Waals surface area (Å²) in [5.74, 6) is 0. The van der Waals surface area contributed by atoms with Gasteiger partial charge in [-0.3, -0.25) is 4.90 Å². The van der Waals surface area contributed by atoms with Crippen LogP contribution >= 0.6 is 0 Å². The number of carbonyl (C=O) groups is 2. The van der Waals surface area contributed by atoms with E-state index >= 15 is 0 Å². The van der Waals surface area contributed by atoms with Gasteiger partial charge < -0.3 is 9.53 Å². The molecular formula is C23H19NO3. The van der Waals surface area contributed by atoms with Crippen molar-refractivity contribution in [2.45, 2.75) is 11.6 Å². The number of aldehydes is 1. The van der Waals surface area contributed by atoms with Gasteiger partial charge in [0.15, 0.2) is 0 Å². The van der Waals surface area contributed by atoms with Gasteiger partial charge >= 0.3 is 6.09 Å². The lowest BCUT2D eigenvalue weighted by atomic mass is 9.75. The minimum absolute atomic E-state index is 0.0522. The van der Waals surface area contributed by atoms with Crippen molar-refractivity contribution in [3.05, 3.63) is 108 Å². The smallest absolute Gasteiger partial charge is 0.411 e. The predicted molar refractivity (Wildman–Crippen MR) is 102 cm³/mol. The molecule has 1 aliphatic heterocycles. The Balaban J connectivity index is 2.10. The molecule has 4 heteroatoms. The monoisotopic (exact) mass is 357 g/mol. The number of rotatable bonds is 5. The molecule has 0 aliphatic carbocycles. The predicted octanol–water partition coefficient (Wildman–Crippen LogP) is 4.00. The number of hydrogen-bond acceptors (Lipinski definition) is 3. The summed E-state index contributed by atoms with van der Waals surface area (Å²) in [4.78, 5) is 26.3. The highest BCUT2D eigenvalue weighted by Crippen LogP contribution is 2.44. The Morgan fingerprint density at radius 1 is 0.778 bits per heavy atom. The van der Waals surface area contributed by atoms with E-state index in [2.05, 4.69) is 0 Å². The van der Waals surface area contributed by atoms with E-state index in [-0.39, 0.29) is 6.61 Å². The molecule has 1 unspecified atom stereocenters. The first-order valence-corrected chi connectivity index (χ1v) is 8.86. The zero-order valence-corrected chi connectivity index (χ0v) is 14.7. The summed E-state index contributed by atoms with van der Waals surface area (Å²) in [5, 5.41) is 0. The van der Waals surface area contributed by atoms with Crippen LogP contribution in [0.4, 0.5) is 4.79 Å². The lowest BCUT2D eigenvalue weighted by Crippen LogP contribution is -2.53. The number of carbonyl (C=O) groups excluding carboxylic acids is 2. The molecule has 0 spiro atoms. The highest BCUT2D eigenvalue weighted by Gasteiger charge is 2.51. The van der Waals surface area contributed by atoms with Crippen molar-refractivity contribution in [3.63, 3.8) is 0 Å². The van der Waals surface area contributed by atoms with Crippen LogP contribution in [0.2, 0.25) is 0 Å². The Hall–Kier alpha value is -3.40. The normalized spacial score (nSPS) is 16.8. The van der Waals surface area contributed by atoms with Crippen molar-refractivity contribution in [2.75, 3.05) is 6.61 Å². The van der Waals surface area contributed by atoms with E-state index in [0.717, 1.165) is 23.0 Å². The second kappa shape index (κ2) is 7.08. The second-order valence-corrected chi connectivity index (χ2v) is 6.46. The summed E-state index contributed by atoms with van der Waals surface area (Å²) in [7, 11) is 0. The lowest BCUT2D eigenvalue weighted by molar-refractivity contribution is -0.111. The van der Waals surface area contributed by atoms with E-state index in [4.69, 9.17) is 4.74 Å². The number of benzene rings is 3. The van der Waals surface area contributed by atoms with Gasteiger partial charge in [-0.2, -0.15) is 0 Å². The van der Waals surface area contributed by atoms with E-state index < -0.39 is 17.7 Å². The van der Waals surface area contributed by atoms with E-state index in [1.165, 1.54) is 0 Å². The highest BCUT2D eigenvalue weighted by atomic mass is 16.6. The standard InChI is InChI=1S/C23H19NO3/c25-16-21-17-27-22(26)24(21)23(18-10-4-1-5-11-18,19-12-6-2-7-13-19)20-14-8-3-9-15-20/h1-16,21H,17H2. The highest BCUT2D eigenvalue weighted by molar-refractivity contribution is 5.80. The van der Waals surface area contributed by atoms with Crippen molar-refractivity contribution in [1.29, 1.82) is 0 Å². The van der Waals surface area contributed by atoms with E-state index in [9.17, 15) is 9.59 Å². The Labute approximate surface area is 158 Å². The summed E-state index contributed by atoms with van der Waals surface area (Å²) < 4.78 is 5.30. The Kier molecular flexibility index (Phi) is 4.47. The minimum atomic E-state index is -0.969. The van der Waals surface area contributed by atoms with Crippen LogP contribution in [0.15, 0.2) is 91.0 Å². The van der Waals surface area contributed by atoms with Crippen LogP contribution in [-0.4, -0.2) is 29.9 Å². The topological polar surface area (TPSA) is 46.6 Å². The van der Waals surface area contributed by atoms with Gasteiger partial charge in [-0.25, -0.2) is 4.79 Å². The molecule has 1 heterocycles. The number of hydrogen-bond donors (Lipinski definition) is 0. The van der Waals surface area contributed by atoms with Crippen molar-refractivity contribution in [2.24, 2.45) is 0 Å². The summed E-state index contributed by atoms with van der Waals surface area (Å²) >= 11 is 0. The van der Waals surface area contributed by atoms with Crippen molar-refractivity contribution in [3.8, 4) is 0 Å². The van der Waals surface area contributed by atoms with E-state index in [1.807, 2.05) is 91.0 Å². The molecule has 4 rings (SSSR count). The molecule has 0 bridgehead atoms. The molecule has 1 aliphatic rings. The van der Waals surface area contributed by atoms with Gasteiger partial charge in [0.05, 0.1) is 0 Å². The average Bonchev–Trinajstić information content (AvgIpc) is 3.12. The number of cyclic esters (lactones) is 1. The molecule has 1 fully saturated rings. The van der Waals surface area contributed by atoms with Crippen molar-refractivity contribution >= 4 is 12.4 Å². The molecule has 134 valence electrons. The summed E-state index contributed by atoms with van der Waals surface area (Å²) in [6.45, 7) is 0.0522. The molecule has 0 N–H and O–H groups in total. The Bertz CT molecular complexity index is 829. The fourth-order valence-corrected chi connectivity index (χ4v) is 3.88. The molecule has 1 saturated heterocycles. The van der Waals surface area contributed by atoms with Crippen LogP contribution in [0.25, 0.3) is 0 Å². The largest absolute Gasteiger partial charge is 0.447 e. The molecule has 0 aromatic heterocycles. The van der Waals surface area contributed by atoms with Gasteiger partial charge in [-0.05, 0) is 16.7 Å². The third-order valence-corrected chi connectivity index (χ3v) is 5.00. The first-order valence-electron chi connectivity index (χ1n) is 8.86. The molecule has 27 heavy (non-hydrogen) atoms. The first kappa shape index (κ1) is 17.0.